The van der Waals surface area contributed by atoms with Crippen molar-refractivity contribution in [3.05, 3.63) is 35.6 Å². The van der Waals surface area contributed by atoms with Crippen LogP contribution in [0, 0.1) is 11.7 Å². The molecule has 98 valence electrons. The highest BCUT2D eigenvalue weighted by atomic mass is 19.1. The lowest BCUT2D eigenvalue weighted by Gasteiger charge is -2.36. The van der Waals surface area contributed by atoms with Gasteiger partial charge in [-0.05, 0) is 37.6 Å². The number of rotatable bonds is 2. The zero-order valence-electron chi connectivity index (χ0n) is 10.8. The number of nitrogens with zero attached hydrogens (tertiary/aromatic N) is 1. The van der Waals surface area contributed by atoms with Crippen LogP contribution >= 0.6 is 0 Å². The zero-order valence-corrected chi connectivity index (χ0v) is 10.8. The molecule has 1 aromatic carbocycles. The Balaban J connectivity index is 2.07. The molecule has 2 unspecified atom stereocenters. The zero-order chi connectivity index (χ0) is 13.1. The number of hydrogen-bond acceptors (Lipinski definition) is 2. The van der Waals surface area contributed by atoms with Crippen LogP contribution in [0.4, 0.5) is 4.39 Å². The molecule has 2 atom stereocenters. The number of amides is 1. The molecule has 0 radical (unpaired) electrons. The van der Waals surface area contributed by atoms with Gasteiger partial charge in [-0.25, -0.2) is 4.39 Å². The van der Waals surface area contributed by atoms with Gasteiger partial charge in [-0.2, -0.15) is 0 Å². The monoisotopic (exact) mass is 250 g/mol. The van der Waals surface area contributed by atoms with E-state index in [2.05, 4.69) is 12.2 Å². The molecule has 0 bridgehead atoms. The Hall–Kier alpha value is -1.42. The molecule has 0 saturated carbocycles. The molecule has 1 N–H and O–H groups in total. The average Bonchev–Trinajstić information content (AvgIpc) is 2.37. The smallest absolute Gasteiger partial charge is 0.253 e. The summed E-state index contributed by atoms with van der Waals surface area (Å²) in [5, 5.41) is 3.26. The summed E-state index contributed by atoms with van der Waals surface area (Å²) in [4.78, 5) is 14.0. The van der Waals surface area contributed by atoms with E-state index in [1.54, 1.807) is 12.1 Å². The molecule has 0 aromatic heterocycles. The van der Waals surface area contributed by atoms with Crippen molar-refractivity contribution in [3.8, 4) is 0 Å². The van der Waals surface area contributed by atoms with Crippen molar-refractivity contribution in [2.45, 2.75) is 19.4 Å². The third-order valence-corrected chi connectivity index (χ3v) is 3.63. The fraction of sp³-hybridized carbons (Fsp3) is 0.500. The summed E-state index contributed by atoms with van der Waals surface area (Å²) in [6, 6.07) is 6.36. The standard InChI is InChI=1S/C14H19FN2O/c1-10-9-17(7-6-13(10)16-2)14(18)11-4-3-5-12(15)8-11/h3-5,8,10,13,16H,6-7,9H2,1-2H3. The second-order valence-corrected chi connectivity index (χ2v) is 4.92. The van der Waals surface area contributed by atoms with Gasteiger partial charge in [0.25, 0.3) is 5.91 Å². The van der Waals surface area contributed by atoms with E-state index in [0.29, 0.717) is 17.5 Å². The van der Waals surface area contributed by atoms with Gasteiger partial charge < -0.3 is 10.2 Å². The normalized spacial score (nSPS) is 24.1. The lowest BCUT2D eigenvalue weighted by Crippen LogP contribution is -2.49. The highest BCUT2D eigenvalue weighted by Crippen LogP contribution is 2.18. The molecular formula is C14H19FN2O. The number of likely N-dealkylation sites (tertiary alicyclic amines) is 1. The van der Waals surface area contributed by atoms with Gasteiger partial charge in [-0.1, -0.05) is 13.0 Å². The van der Waals surface area contributed by atoms with Crippen molar-refractivity contribution in [2.75, 3.05) is 20.1 Å². The summed E-state index contributed by atoms with van der Waals surface area (Å²) in [5.41, 5.74) is 0.435. The molecule has 1 saturated heterocycles. The summed E-state index contributed by atoms with van der Waals surface area (Å²) < 4.78 is 13.1. The molecular weight excluding hydrogens is 231 g/mol. The van der Waals surface area contributed by atoms with E-state index in [-0.39, 0.29) is 11.7 Å². The number of halogens is 1. The molecule has 1 amide bonds. The molecule has 1 aromatic rings. The molecule has 1 heterocycles. The topological polar surface area (TPSA) is 32.3 Å². The highest BCUT2D eigenvalue weighted by Gasteiger charge is 2.28. The second kappa shape index (κ2) is 5.48. The van der Waals surface area contributed by atoms with Crippen molar-refractivity contribution in [3.63, 3.8) is 0 Å². The van der Waals surface area contributed by atoms with Gasteiger partial charge >= 0.3 is 0 Å². The van der Waals surface area contributed by atoms with Crippen LogP contribution in [0.25, 0.3) is 0 Å². The summed E-state index contributed by atoms with van der Waals surface area (Å²) in [6.45, 7) is 3.58. The summed E-state index contributed by atoms with van der Waals surface area (Å²) in [5.74, 6) is -0.0174. The average molecular weight is 250 g/mol. The maximum absolute atomic E-state index is 13.1. The van der Waals surface area contributed by atoms with E-state index in [0.717, 1.165) is 19.5 Å². The summed E-state index contributed by atoms with van der Waals surface area (Å²) in [7, 11) is 1.95. The first-order valence-electron chi connectivity index (χ1n) is 6.34. The summed E-state index contributed by atoms with van der Waals surface area (Å²) in [6.07, 6.45) is 0.943. The summed E-state index contributed by atoms with van der Waals surface area (Å²) >= 11 is 0. The second-order valence-electron chi connectivity index (χ2n) is 4.92. The molecule has 0 spiro atoms. The van der Waals surface area contributed by atoms with E-state index < -0.39 is 0 Å². The van der Waals surface area contributed by atoms with Gasteiger partial charge in [0.05, 0.1) is 0 Å². The Morgan fingerprint density at radius 3 is 2.89 bits per heavy atom. The van der Waals surface area contributed by atoms with Crippen LogP contribution in [0.15, 0.2) is 24.3 Å². The Labute approximate surface area is 107 Å². The van der Waals surface area contributed by atoms with Crippen LogP contribution < -0.4 is 5.32 Å². The van der Waals surface area contributed by atoms with Crippen molar-refractivity contribution in [1.82, 2.24) is 10.2 Å². The molecule has 18 heavy (non-hydrogen) atoms. The van der Waals surface area contributed by atoms with Gasteiger partial charge in [0, 0.05) is 24.7 Å². The molecule has 3 nitrogen and oxygen atoms in total. The van der Waals surface area contributed by atoms with Crippen molar-refractivity contribution in [2.24, 2.45) is 5.92 Å². The van der Waals surface area contributed by atoms with E-state index in [9.17, 15) is 9.18 Å². The molecule has 0 aliphatic carbocycles. The van der Waals surface area contributed by atoms with Crippen LogP contribution in [-0.2, 0) is 0 Å². The predicted molar refractivity (Wildman–Crippen MR) is 68.9 cm³/mol. The van der Waals surface area contributed by atoms with Crippen LogP contribution in [0.1, 0.15) is 23.7 Å². The number of benzene rings is 1. The van der Waals surface area contributed by atoms with Gasteiger partial charge in [0.2, 0.25) is 0 Å². The third kappa shape index (κ3) is 2.70. The van der Waals surface area contributed by atoms with E-state index >= 15 is 0 Å². The maximum Gasteiger partial charge on any atom is 0.253 e. The number of hydrogen-bond donors (Lipinski definition) is 1. The maximum atomic E-state index is 13.1. The first kappa shape index (κ1) is 13.0. The van der Waals surface area contributed by atoms with E-state index in [4.69, 9.17) is 0 Å². The predicted octanol–water partition coefficient (Wildman–Crippen LogP) is 1.90. The number of nitrogens with one attached hydrogen (secondary N) is 1. The van der Waals surface area contributed by atoms with Crippen LogP contribution in [0.5, 0.6) is 0 Å². The van der Waals surface area contributed by atoms with Crippen LogP contribution in [-0.4, -0.2) is 37.0 Å². The van der Waals surface area contributed by atoms with E-state index in [1.165, 1.54) is 12.1 Å². The molecule has 1 aliphatic rings. The number of carbonyl (C=O) groups excluding carboxylic acids is 1. The molecule has 2 rings (SSSR count). The van der Waals surface area contributed by atoms with Gasteiger partial charge in [0.1, 0.15) is 5.82 Å². The van der Waals surface area contributed by atoms with Crippen LogP contribution in [0.2, 0.25) is 0 Å². The number of piperidine rings is 1. The van der Waals surface area contributed by atoms with Crippen molar-refractivity contribution in [1.29, 1.82) is 0 Å². The Kier molecular flexibility index (Phi) is 3.97. The minimum absolute atomic E-state index is 0.0732. The van der Waals surface area contributed by atoms with Gasteiger partial charge in [-0.3, -0.25) is 4.79 Å². The molecule has 1 aliphatic heterocycles. The minimum Gasteiger partial charge on any atom is -0.338 e. The third-order valence-electron chi connectivity index (χ3n) is 3.63. The van der Waals surface area contributed by atoms with Crippen LogP contribution in [0.3, 0.4) is 0 Å². The number of carbonyl (C=O) groups is 1. The Morgan fingerprint density at radius 1 is 1.50 bits per heavy atom. The van der Waals surface area contributed by atoms with Crippen molar-refractivity contribution >= 4 is 5.91 Å². The molecule has 4 heteroatoms. The van der Waals surface area contributed by atoms with E-state index in [1.807, 2.05) is 11.9 Å². The Morgan fingerprint density at radius 2 is 2.28 bits per heavy atom. The van der Waals surface area contributed by atoms with Crippen molar-refractivity contribution < 1.29 is 9.18 Å². The fourth-order valence-electron chi connectivity index (χ4n) is 2.56. The highest BCUT2D eigenvalue weighted by molar-refractivity contribution is 5.94. The first-order chi connectivity index (χ1) is 8.61. The fourth-order valence-corrected chi connectivity index (χ4v) is 2.56. The van der Waals surface area contributed by atoms with Gasteiger partial charge in [-0.15, -0.1) is 0 Å². The Bertz CT molecular complexity index is 436. The largest absolute Gasteiger partial charge is 0.338 e. The molecule has 1 fully saturated rings. The first-order valence-corrected chi connectivity index (χ1v) is 6.34. The SMILES string of the molecule is CNC1CCN(C(=O)c2cccc(F)c2)CC1C. The lowest BCUT2D eigenvalue weighted by atomic mass is 9.93. The lowest BCUT2D eigenvalue weighted by molar-refractivity contribution is 0.0649. The van der Waals surface area contributed by atoms with Gasteiger partial charge in [0.15, 0.2) is 0 Å². The minimum atomic E-state index is -0.362. The quantitative estimate of drug-likeness (QED) is 0.869.